The Balaban J connectivity index is 2.12. The first-order chi connectivity index (χ1) is 12.6. The molecule has 26 heavy (non-hydrogen) atoms. The summed E-state index contributed by atoms with van der Waals surface area (Å²) in [6.07, 6.45) is 0.965. The number of carbonyl (C=O) groups excluding carboxylic acids is 1. The first kappa shape index (κ1) is 18.2. The minimum atomic E-state index is -0.322. The van der Waals surface area contributed by atoms with Crippen molar-refractivity contribution in [2.45, 2.75) is 26.8 Å². The second-order valence-corrected chi connectivity index (χ2v) is 7.00. The monoisotopic (exact) mass is 370 g/mol. The van der Waals surface area contributed by atoms with Crippen LogP contribution in [-0.4, -0.2) is 24.7 Å². The highest BCUT2D eigenvalue weighted by atomic mass is 32.1. The molecule has 1 amide bonds. The third-order valence-electron chi connectivity index (χ3n) is 4.12. The number of amides is 1. The molecule has 0 N–H and O–H groups in total. The fraction of sp³-hybridized carbons (Fsp3) is 0.300. The van der Waals surface area contributed by atoms with Gasteiger partial charge in [-0.15, -0.1) is 0 Å². The number of thiazole rings is 1. The molecule has 0 aliphatic rings. The Morgan fingerprint density at radius 2 is 1.96 bits per heavy atom. The molecule has 0 bridgehead atoms. The Morgan fingerprint density at radius 1 is 1.15 bits per heavy atom. The van der Waals surface area contributed by atoms with E-state index in [1.807, 2.05) is 0 Å². The largest absolute Gasteiger partial charge is 0.497 e. The highest BCUT2D eigenvalue weighted by molar-refractivity contribution is 7.16. The second kappa shape index (κ2) is 7.74. The maximum Gasteiger partial charge on any atom is 0.283 e. The van der Waals surface area contributed by atoms with Gasteiger partial charge in [-0.2, -0.15) is 4.99 Å². The Kier molecular flexibility index (Phi) is 5.42. The van der Waals surface area contributed by atoms with Gasteiger partial charge >= 0.3 is 0 Å². The van der Waals surface area contributed by atoms with Gasteiger partial charge in [-0.05, 0) is 43.2 Å². The maximum atomic E-state index is 12.8. The molecule has 0 saturated heterocycles. The molecule has 0 atom stereocenters. The van der Waals surface area contributed by atoms with E-state index in [0.717, 1.165) is 23.2 Å². The Morgan fingerprint density at radius 3 is 2.65 bits per heavy atom. The molecule has 136 valence electrons. The maximum absolute atomic E-state index is 12.8. The highest BCUT2D eigenvalue weighted by Gasteiger charge is 2.14. The molecule has 1 aromatic heterocycles. The summed E-state index contributed by atoms with van der Waals surface area (Å²) < 4.78 is 13.8. The van der Waals surface area contributed by atoms with E-state index in [0.29, 0.717) is 21.9 Å². The van der Waals surface area contributed by atoms with Crippen LogP contribution >= 0.6 is 11.3 Å². The van der Waals surface area contributed by atoms with Gasteiger partial charge in [0.2, 0.25) is 0 Å². The lowest BCUT2D eigenvalue weighted by molar-refractivity contribution is 0.0995. The van der Waals surface area contributed by atoms with Gasteiger partial charge in [-0.3, -0.25) is 4.79 Å². The van der Waals surface area contributed by atoms with Crippen molar-refractivity contribution in [2.75, 3.05) is 14.2 Å². The molecule has 0 aliphatic heterocycles. The fourth-order valence-corrected chi connectivity index (χ4v) is 3.98. The van der Waals surface area contributed by atoms with Gasteiger partial charge in [0.1, 0.15) is 11.5 Å². The van der Waals surface area contributed by atoms with Crippen LogP contribution in [0.25, 0.3) is 10.2 Å². The molecule has 3 aromatic rings. The number of rotatable bonds is 5. The molecule has 0 fully saturated rings. The summed E-state index contributed by atoms with van der Waals surface area (Å²) in [5.41, 5.74) is 2.72. The number of nitrogens with zero attached hydrogens (tertiary/aromatic N) is 2. The quantitative estimate of drug-likeness (QED) is 0.677. The standard InChI is InChI=1S/C20H22N2O3S/c1-5-10-22-16-9-6-13(2)11-18(16)26-20(22)21-19(23)15-8-7-14(24-3)12-17(15)25-4/h6-9,11-12H,5,10H2,1-4H3. The van der Waals surface area contributed by atoms with Crippen molar-refractivity contribution >= 4 is 27.5 Å². The summed E-state index contributed by atoms with van der Waals surface area (Å²) in [5.74, 6) is 0.770. The van der Waals surface area contributed by atoms with Gasteiger partial charge < -0.3 is 14.0 Å². The number of benzene rings is 2. The number of hydrogen-bond donors (Lipinski definition) is 0. The minimum absolute atomic E-state index is 0.322. The van der Waals surface area contributed by atoms with Crippen LogP contribution in [0.1, 0.15) is 29.3 Å². The molecule has 0 spiro atoms. The Labute approximate surface area is 156 Å². The van der Waals surface area contributed by atoms with Crippen molar-refractivity contribution in [1.29, 1.82) is 0 Å². The number of aryl methyl sites for hydroxylation is 2. The molecule has 0 radical (unpaired) electrons. The smallest absolute Gasteiger partial charge is 0.283 e. The number of methoxy groups -OCH3 is 2. The molecule has 5 nitrogen and oxygen atoms in total. The molecule has 1 heterocycles. The summed E-state index contributed by atoms with van der Waals surface area (Å²) in [7, 11) is 3.11. The summed E-state index contributed by atoms with van der Waals surface area (Å²) in [6.45, 7) is 4.99. The number of carbonyl (C=O) groups is 1. The van der Waals surface area contributed by atoms with Crippen LogP contribution < -0.4 is 14.3 Å². The van der Waals surface area contributed by atoms with Gasteiger partial charge in [-0.25, -0.2) is 0 Å². The van der Waals surface area contributed by atoms with E-state index in [-0.39, 0.29) is 5.91 Å². The summed E-state index contributed by atoms with van der Waals surface area (Å²) in [6, 6.07) is 11.4. The van der Waals surface area contributed by atoms with Crippen LogP contribution in [0.15, 0.2) is 41.4 Å². The zero-order valence-electron chi connectivity index (χ0n) is 15.4. The van der Waals surface area contributed by atoms with E-state index in [1.54, 1.807) is 25.3 Å². The van der Waals surface area contributed by atoms with Crippen LogP contribution in [0.4, 0.5) is 0 Å². The van der Waals surface area contributed by atoms with Crippen molar-refractivity contribution in [1.82, 2.24) is 4.57 Å². The van der Waals surface area contributed by atoms with E-state index in [2.05, 4.69) is 41.6 Å². The number of aromatic nitrogens is 1. The number of fused-ring (bicyclic) bond motifs is 1. The van der Waals surface area contributed by atoms with Gasteiger partial charge in [0, 0.05) is 12.6 Å². The third-order valence-corrected chi connectivity index (χ3v) is 5.16. The Hall–Kier alpha value is -2.60. The SMILES string of the molecule is CCCn1c(=NC(=O)c2ccc(OC)cc2OC)sc2cc(C)ccc21. The third kappa shape index (κ3) is 3.51. The predicted molar refractivity (Wildman–Crippen MR) is 104 cm³/mol. The van der Waals surface area contributed by atoms with Gasteiger partial charge in [0.05, 0.1) is 30.0 Å². The number of hydrogen-bond acceptors (Lipinski definition) is 4. The van der Waals surface area contributed by atoms with E-state index in [9.17, 15) is 4.79 Å². The lowest BCUT2D eigenvalue weighted by atomic mass is 10.2. The van der Waals surface area contributed by atoms with Crippen LogP contribution in [0.5, 0.6) is 11.5 Å². The lowest BCUT2D eigenvalue weighted by Crippen LogP contribution is -2.17. The Bertz CT molecular complexity index is 1020. The van der Waals surface area contributed by atoms with E-state index < -0.39 is 0 Å². The van der Waals surface area contributed by atoms with Gasteiger partial charge in [0.25, 0.3) is 5.91 Å². The van der Waals surface area contributed by atoms with Crippen LogP contribution in [0.2, 0.25) is 0 Å². The lowest BCUT2D eigenvalue weighted by Gasteiger charge is -2.07. The zero-order valence-corrected chi connectivity index (χ0v) is 16.2. The molecule has 0 unspecified atom stereocenters. The van der Waals surface area contributed by atoms with Crippen molar-refractivity contribution in [3.8, 4) is 11.5 Å². The molecular formula is C20H22N2O3S. The van der Waals surface area contributed by atoms with Crippen molar-refractivity contribution < 1.29 is 14.3 Å². The highest BCUT2D eigenvalue weighted by Crippen LogP contribution is 2.25. The molecule has 3 rings (SSSR count). The van der Waals surface area contributed by atoms with Crippen molar-refractivity contribution in [2.24, 2.45) is 4.99 Å². The van der Waals surface area contributed by atoms with Crippen LogP contribution in [-0.2, 0) is 6.54 Å². The molecule has 0 saturated carbocycles. The van der Waals surface area contributed by atoms with Gasteiger partial charge in [0.15, 0.2) is 4.80 Å². The normalized spacial score (nSPS) is 11.8. The van der Waals surface area contributed by atoms with E-state index >= 15 is 0 Å². The van der Waals surface area contributed by atoms with E-state index in [1.165, 1.54) is 24.0 Å². The average molecular weight is 370 g/mol. The van der Waals surface area contributed by atoms with E-state index in [4.69, 9.17) is 9.47 Å². The summed E-state index contributed by atoms with van der Waals surface area (Å²) >= 11 is 1.53. The predicted octanol–water partition coefficient (Wildman–Crippen LogP) is 4.18. The van der Waals surface area contributed by atoms with Crippen LogP contribution in [0.3, 0.4) is 0 Å². The fourth-order valence-electron chi connectivity index (χ4n) is 2.83. The number of ether oxygens (including phenoxy) is 2. The second-order valence-electron chi connectivity index (χ2n) is 5.99. The van der Waals surface area contributed by atoms with Crippen molar-refractivity contribution in [3.05, 3.63) is 52.3 Å². The zero-order chi connectivity index (χ0) is 18.7. The summed E-state index contributed by atoms with van der Waals surface area (Å²) in [4.78, 5) is 17.9. The average Bonchev–Trinajstić information content (AvgIpc) is 2.97. The van der Waals surface area contributed by atoms with Crippen molar-refractivity contribution in [3.63, 3.8) is 0 Å². The first-order valence-corrected chi connectivity index (χ1v) is 9.30. The molecule has 6 heteroatoms. The molecule has 0 aliphatic carbocycles. The minimum Gasteiger partial charge on any atom is -0.497 e. The molecular weight excluding hydrogens is 348 g/mol. The molecule has 2 aromatic carbocycles. The van der Waals surface area contributed by atoms with Crippen LogP contribution in [0, 0.1) is 6.92 Å². The summed E-state index contributed by atoms with van der Waals surface area (Å²) in [5, 5.41) is 0. The topological polar surface area (TPSA) is 52.8 Å². The van der Waals surface area contributed by atoms with Gasteiger partial charge in [-0.1, -0.05) is 24.3 Å². The first-order valence-electron chi connectivity index (χ1n) is 8.48.